The molecule has 0 radical (unpaired) electrons. The van der Waals surface area contributed by atoms with Crippen LogP contribution in [0, 0.1) is 24.4 Å². The van der Waals surface area contributed by atoms with E-state index in [-0.39, 0.29) is 11.7 Å². The van der Waals surface area contributed by atoms with Gasteiger partial charge in [-0.2, -0.15) is 0 Å². The van der Waals surface area contributed by atoms with Crippen LogP contribution in [-0.4, -0.2) is 0 Å². The van der Waals surface area contributed by atoms with Gasteiger partial charge in [-0.3, -0.25) is 0 Å². The van der Waals surface area contributed by atoms with Gasteiger partial charge in [-0.1, -0.05) is 0 Å². The van der Waals surface area contributed by atoms with Gasteiger partial charge < -0.3 is 5.32 Å². The quantitative estimate of drug-likeness (QED) is 0.801. The van der Waals surface area contributed by atoms with Crippen LogP contribution < -0.4 is 5.32 Å². The summed E-state index contributed by atoms with van der Waals surface area (Å²) in [6.07, 6.45) is 0. The van der Waals surface area contributed by atoms with Gasteiger partial charge in [0.2, 0.25) is 0 Å². The van der Waals surface area contributed by atoms with Gasteiger partial charge in [0, 0.05) is 4.88 Å². The molecule has 1 heterocycles. The van der Waals surface area contributed by atoms with Crippen LogP contribution in [0.5, 0.6) is 0 Å². The fraction of sp³-hybridized carbons (Fsp3) is 0.231. The Balaban J connectivity index is 2.25. The predicted molar refractivity (Wildman–Crippen MR) is 67.4 cm³/mol. The van der Waals surface area contributed by atoms with Gasteiger partial charge in [0.05, 0.1) is 11.7 Å². The van der Waals surface area contributed by atoms with E-state index in [2.05, 4.69) is 5.32 Å². The third kappa shape index (κ3) is 2.36. The first-order valence-corrected chi connectivity index (χ1v) is 6.32. The second-order valence-corrected chi connectivity index (χ2v) is 5.00. The number of halogens is 3. The third-order valence-electron chi connectivity index (χ3n) is 2.70. The fourth-order valence-electron chi connectivity index (χ4n) is 1.76. The fourth-order valence-corrected chi connectivity index (χ4v) is 2.70. The van der Waals surface area contributed by atoms with E-state index >= 15 is 0 Å². The van der Waals surface area contributed by atoms with Gasteiger partial charge in [-0.05, 0) is 43.0 Å². The topological polar surface area (TPSA) is 12.0 Å². The predicted octanol–water partition coefficient (Wildman–Crippen LogP) is 4.65. The molecule has 2 rings (SSSR count). The Morgan fingerprint density at radius 1 is 1.11 bits per heavy atom. The molecule has 18 heavy (non-hydrogen) atoms. The smallest absolute Gasteiger partial charge is 0.196 e. The van der Waals surface area contributed by atoms with Gasteiger partial charge >= 0.3 is 0 Å². The monoisotopic (exact) mass is 271 g/mol. The summed E-state index contributed by atoms with van der Waals surface area (Å²) in [5.74, 6) is -3.82. The first-order chi connectivity index (χ1) is 8.50. The van der Waals surface area contributed by atoms with Gasteiger partial charge in [0.15, 0.2) is 17.5 Å². The molecule has 2 aromatic rings. The summed E-state index contributed by atoms with van der Waals surface area (Å²) < 4.78 is 39.4. The second-order valence-electron chi connectivity index (χ2n) is 4.06. The molecule has 1 atom stereocenters. The molecule has 0 aliphatic carbocycles. The second kappa shape index (κ2) is 5.02. The molecule has 0 saturated heterocycles. The standard InChI is InChI=1S/C13H12F3NS/c1-7-5-6-18-13(7)8(2)17-10-4-3-9(14)11(15)12(10)16/h3-6,8,17H,1-2H3. The number of hydrogen-bond donors (Lipinski definition) is 1. The Labute approximate surface area is 107 Å². The Kier molecular flexibility index (Phi) is 3.61. The van der Waals surface area contributed by atoms with E-state index < -0.39 is 17.5 Å². The lowest BCUT2D eigenvalue weighted by atomic mass is 10.1. The number of nitrogens with one attached hydrogen (secondary N) is 1. The average Bonchev–Trinajstić information content (AvgIpc) is 2.76. The summed E-state index contributed by atoms with van der Waals surface area (Å²) in [4.78, 5) is 1.04. The summed E-state index contributed by atoms with van der Waals surface area (Å²) in [7, 11) is 0. The molecule has 96 valence electrons. The highest BCUT2D eigenvalue weighted by molar-refractivity contribution is 7.10. The summed E-state index contributed by atoms with van der Waals surface area (Å²) in [5, 5.41) is 4.79. The average molecular weight is 271 g/mol. The number of hydrogen-bond acceptors (Lipinski definition) is 2. The first-order valence-electron chi connectivity index (χ1n) is 5.44. The summed E-state index contributed by atoms with van der Waals surface area (Å²) in [5.41, 5.74) is 1.05. The van der Waals surface area contributed by atoms with Gasteiger partial charge in [0.25, 0.3) is 0 Å². The zero-order chi connectivity index (χ0) is 13.3. The molecular weight excluding hydrogens is 259 g/mol. The summed E-state index contributed by atoms with van der Waals surface area (Å²) in [6, 6.07) is 3.91. The van der Waals surface area contributed by atoms with Crippen LogP contribution in [-0.2, 0) is 0 Å². The molecule has 1 unspecified atom stereocenters. The van der Waals surface area contributed by atoms with Crippen molar-refractivity contribution in [3.63, 3.8) is 0 Å². The van der Waals surface area contributed by atoms with Crippen LogP contribution in [0.4, 0.5) is 18.9 Å². The Morgan fingerprint density at radius 3 is 2.44 bits per heavy atom. The molecule has 1 N–H and O–H groups in total. The number of rotatable bonds is 3. The Hall–Kier alpha value is -1.49. The zero-order valence-electron chi connectivity index (χ0n) is 9.93. The van der Waals surface area contributed by atoms with Crippen molar-refractivity contribution < 1.29 is 13.2 Å². The Bertz CT molecular complexity index is 565. The van der Waals surface area contributed by atoms with Crippen LogP contribution in [0.3, 0.4) is 0 Å². The van der Waals surface area contributed by atoms with Crippen LogP contribution in [0.15, 0.2) is 23.6 Å². The number of thiophene rings is 1. The minimum absolute atomic E-state index is 0.0331. The van der Waals surface area contributed by atoms with Crippen molar-refractivity contribution in [1.29, 1.82) is 0 Å². The minimum Gasteiger partial charge on any atom is -0.375 e. The molecule has 0 spiro atoms. The van der Waals surface area contributed by atoms with Gasteiger partial charge in [-0.15, -0.1) is 11.3 Å². The Morgan fingerprint density at radius 2 is 1.83 bits per heavy atom. The minimum atomic E-state index is -1.45. The number of aryl methyl sites for hydroxylation is 1. The van der Waals surface area contributed by atoms with Crippen LogP contribution >= 0.6 is 11.3 Å². The molecule has 1 nitrogen and oxygen atoms in total. The van der Waals surface area contributed by atoms with Gasteiger partial charge in [0.1, 0.15) is 0 Å². The zero-order valence-corrected chi connectivity index (χ0v) is 10.7. The molecule has 0 aliphatic heterocycles. The van der Waals surface area contributed by atoms with Crippen molar-refractivity contribution in [1.82, 2.24) is 0 Å². The summed E-state index contributed by atoms with van der Waals surface area (Å²) >= 11 is 1.54. The maximum absolute atomic E-state index is 13.5. The van der Waals surface area contributed by atoms with Crippen molar-refractivity contribution in [3.8, 4) is 0 Å². The van der Waals surface area contributed by atoms with E-state index in [1.165, 1.54) is 17.4 Å². The number of benzene rings is 1. The van der Waals surface area contributed by atoms with E-state index in [4.69, 9.17) is 0 Å². The molecule has 0 saturated carbocycles. The lowest BCUT2D eigenvalue weighted by Crippen LogP contribution is -2.09. The molecule has 0 fully saturated rings. The first kappa shape index (κ1) is 13.0. The lowest BCUT2D eigenvalue weighted by Gasteiger charge is -2.15. The normalized spacial score (nSPS) is 12.5. The van der Waals surface area contributed by atoms with E-state index in [1.54, 1.807) is 0 Å². The highest BCUT2D eigenvalue weighted by Crippen LogP contribution is 2.28. The summed E-state index contributed by atoms with van der Waals surface area (Å²) in [6.45, 7) is 3.80. The largest absolute Gasteiger partial charge is 0.375 e. The molecular formula is C13H12F3NS. The van der Waals surface area contributed by atoms with Crippen LogP contribution in [0.25, 0.3) is 0 Å². The van der Waals surface area contributed by atoms with E-state index in [9.17, 15) is 13.2 Å². The molecule has 0 amide bonds. The molecule has 1 aromatic carbocycles. The van der Waals surface area contributed by atoms with Crippen molar-refractivity contribution in [2.75, 3.05) is 5.32 Å². The highest BCUT2D eigenvalue weighted by atomic mass is 32.1. The van der Waals surface area contributed by atoms with Crippen molar-refractivity contribution in [3.05, 3.63) is 51.5 Å². The van der Waals surface area contributed by atoms with Crippen LogP contribution in [0.2, 0.25) is 0 Å². The molecule has 0 bridgehead atoms. The highest BCUT2D eigenvalue weighted by Gasteiger charge is 2.16. The lowest BCUT2D eigenvalue weighted by molar-refractivity contribution is 0.448. The maximum atomic E-state index is 13.5. The maximum Gasteiger partial charge on any atom is 0.196 e. The number of anilines is 1. The van der Waals surface area contributed by atoms with Crippen molar-refractivity contribution in [2.24, 2.45) is 0 Å². The van der Waals surface area contributed by atoms with Crippen molar-refractivity contribution in [2.45, 2.75) is 19.9 Å². The SMILES string of the molecule is Cc1ccsc1C(C)Nc1ccc(F)c(F)c1F. The van der Waals surface area contributed by atoms with Gasteiger partial charge in [-0.25, -0.2) is 13.2 Å². The molecule has 1 aromatic heterocycles. The van der Waals surface area contributed by atoms with E-state index in [0.29, 0.717) is 0 Å². The van der Waals surface area contributed by atoms with Crippen molar-refractivity contribution >= 4 is 17.0 Å². The molecule has 5 heteroatoms. The van der Waals surface area contributed by atoms with E-state index in [1.807, 2.05) is 25.3 Å². The third-order valence-corrected chi connectivity index (χ3v) is 3.90. The van der Waals surface area contributed by atoms with E-state index in [0.717, 1.165) is 16.5 Å². The van der Waals surface area contributed by atoms with Crippen LogP contribution in [0.1, 0.15) is 23.4 Å². The molecule has 0 aliphatic rings.